The van der Waals surface area contributed by atoms with Crippen molar-refractivity contribution in [1.82, 2.24) is 19.1 Å². The molecule has 0 fully saturated rings. The van der Waals surface area contributed by atoms with E-state index in [2.05, 4.69) is 172 Å². The van der Waals surface area contributed by atoms with E-state index in [1.165, 1.54) is 71.8 Å². The fraction of sp³-hybridized carbons (Fsp3) is 0.102. The molecule has 4 heteroatoms. The van der Waals surface area contributed by atoms with Crippen LogP contribution in [-0.2, 0) is 5.41 Å². The third kappa shape index (κ3) is 4.42. The molecule has 1 unspecified atom stereocenters. The molecule has 0 saturated heterocycles. The monoisotopic (exact) mass is 680 g/mol. The fourth-order valence-corrected chi connectivity index (χ4v) is 9.40. The molecule has 5 aromatic carbocycles. The van der Waals surface area contributed by atoms with Crippen LogP contribution >= 0.6 is 0 Å². The van der Waals surface area contributed by atoms with Crippen molar-refractivity contribution in [3.8, 4) is 27.9 Å². The summed E-state index contributed by atoms with van der Waals surface area (Å²) in [5.41, 5.74) is 16.4. The van der Waals surface area contributed by atoms with E-state index >= 15 is 0 Å². The zero-order valence-corrected chi connectivity index (χ0v) is 29.7. The van der Waals surface area contributed by atoms with Crippen molar-refractivity contribution in [2.75, 3.05) is 0 Å². The lowest BCUT2D eigenvalue weighted by molar-refractivity contribution is 0.415. The van der Waals surface area contributed by atoms with Gasteiger partial charge in [0.2, 0.25) is 0 Å². The first-order valence-electron chi connectivity index (χ1n) is 18.5. The highest BCUT2D eigenvalue weighted by molar-refractivity contribution is 6.13. The molecule has 4 nitrogen and oxygen atoms in total. The predicted molar refractivity (Wildman–Crippen MR) is 220 cm³/mol. The molecule has 0 radical (unpaired) electrons. The number of benzene rings is 5. The summed E-state index contributed by atoms with van der Waals surface area (Å²) in [5.74, 6) is 0.428. The van der Waals surface area contributed by atoms with Gasteiger partial charge >= 0.3 is 0 Å². The summed E-state index contributed by atoms with van der Waals surface area (Å²) in [5, 5.41) is 4.73. The number of rotatable bonds is 4. The molecule has 0 bridgehead atoms. The topological polar surface area (TPSA) is 35.6 Å². The summed E-state index contributed by atoms with van der Waals surface area (Å²) in [4.78, 5) is 9.17. The van der Waals surface area contributed by atoms with E-state index in [-0.39, 0.29) is 5.41 Å². The van der Waals surface area contributed by atoms with E-state index in [9.17, 15) is 0 Å². The van der Waals surface area contributed by atoms with E-state index in [1.807, 2.05) is 24.8 Å². The Labute approximate surface area is 308 Å². The molecule has 252 valence electrons. The second kappa shape index (κ2) is 11.2. The zero-order chi connectivity index (χ0) is 35.3. The van der Waals surface area contributed by atoms with E-state index in [0.29, 0.717) is 5.92 Å². The Morgan fingerprint density at radius 1 is 0.528 bits per heavy atom. The van der Waals surface area contributed by atoms with Crippen molar-refractivity contribution < 1.29 is 0 Å². The van der Waals surface area contributed by atoms with Gasteiger partial charge in [0.15, 0.2) is 0 Å². The molecule has 0 N–H and O–H groups in total. The van der Waals surface area contributed by atoms with Gasteiger partial charge in [-0.2, -0.15) is 0 Å². The van der Waals surface area contributed by atoms with Crippen LogP contribution in [-0.4, -0.2) is 19.1 Å². The molecule has 0 spiro atoms. The smallest absolute Gasteiger partial charge is 0.0571 e. The van der Waals surface area contributed by atoms with Gasteiger partial charge in [0.25, 0.3) is 0 Å². The highest BCUT2D eigenvalue weighted by Crippen LogP contribution is 2.54. The molecule has 53 heavy (non-hydrogen) atoms. The van der Waals surface area contributed by atoms with Crippen LogP contribution in [0.3, 0.4) is 0 Å². The van der Waals surface area contributed by atoms with Gasteiger partial charge in [0.1, 0.15) is 0 Å². The Kier molecular flexibility index (Phi) is 6.39. The maximum atomic E-state index is 4.60. The second-order valence-corrected chi connectivity index (χ2v) is 15.1. The van der Waals surface area contributed by atoms with Crippen molar-refractivity contribution in [2.24, 2.45) is 5.92 Å². The van der Waals surface area contributed by atoms with Crippen LogP contribution in [0.25, 0.3) is 82.8 Å². The molecular weight excluding hydrogens is 645 g/mol. The molecular formula is C49H36N4. The largest absolute Gasteiger partial charge is 0.313 e. The van der Waals surface area contributed by atoms with Gasteiger partial charge in [-0.25, -0.2) is 0 Å². The van der Waals surface area contributed by atoms with E-state index in [4.69, 9.17) is 0 Å². The minimum absolute atomic E-state index is 0.0669. The quantitative estimate of drug-likeness (QED) is 0.185. The van der Waals surface area contributed by atoms with Gasteiger partial charge in [-0.1, -0.05) is 98.8 Å². The van der Waals surface area contributed by atoms with Crippen molar-refractivity contribution >= 4 is 54.9 Å². The molecule has 0 amide bonds. The van der Waals surface area contributed by atoms with Gasteiger partial charge in [-0.15, -0.1) is 0 Å². The number of allylic oxidation sites excluding steroid dienone is 4. The Bertz CT molecular complexity index is 3010. The maximum Gasteiger partial charge on any atom is 0.0571 e. The first-order chi connectivity index (χ1) is 26.0. The fourth-order valence-electron chi connectivity index (χ4n) is 9.40. The summed E-state index contributed by atoms with van der Waals surface area (Å²) in [6, 6.07) is 46.5. The highest BCUT2D eigenvalue weighted by atomic mass is 15.0. The molecule has 4 aromatic heterocycles. The summed E-state index contributed by atoms with van der Waals surface area (Å²) >= 11 is 0. The van der Waals surface area contributed by atoms with Crippen LogP contribution in [0.15, 0.2) is 164 Å². The predicted octanol–water partition coefficient (Wildman–Crippen LogP) is 12.3. The summed E-state index contributed by atoms with van der Waals surface area (Å²) in [6.45, 7) is 4.82. The number of fused-ring (bicyclic) bond motifs is 9. The van der Waals surface area contributed by atoms with Crippen LogP contribution < -0.4 is 0 Å². The first kappa shape index (κ1) is 30.1. The number of hydrogen-bond donors (Lipinski definition) is 0. The number of hydrogen-bond acceptors (Lipinski definition) is 2. The van der Waals surface area contributed by atoms with Crippen LogP contribution in [0.5, 0.6) is 0 Å². The van der Waals surface area contributed by atoms with Crippen LogP contribution in [0.2, 0.25) is 0 Å². The molecule has 2 aliphatic rings. The maximum absolute atomic E-state index is 4.60. The third-order valence-corrected chi connectivity index (χ3v) is 12.0. The first-order valence-corrected chi connectivity index (χ1v) is 18.5. The molecule has 2 aliphatic carbocycles. The lowest BCUT2D eigenvalue weighted by Crippen LogP contribution is -2.25. The Balaban J connectivity index is 1.04. The summed E-state index contributed by atoms with van der Waals surface area (Å²) in [6.07, 6.45) is 13.6. The van der Waals surface area contributed by atoms with Gasteiger partial charge in [-0.05, 0) is 111 Å². The van der Waals surface area contributed by atoms with Crippen molar-refractivity contribution in [2.45, 2.75) is 25.7 Å². The van der Waals surface area contributed by atoms with Crippen LogP contribution in [0.1, 0.15) is 31.4 Å². The van der Waals surface area contributed by atoms with E-state index < -0.39 is 0 Å². The minimum Gasteiger partial charge on any atom is -0.313 e. The summed E-state index contributed by atoms with van der Waals surface area (Å²) in [7, 11) is 0. The average molecular weight is 681 g/mol. The Morgan fingerprint density at radius 2 is 1.13 bits per heavy atom. The lowest BCUT2D eigenvalue weighted by Gasteiger charge is -2.32. The molecule has 4 heterocycles. The minimum atomic E-state index is 0.0669. The number of aromatic nitrogens is 4. The van der Waals surface area contributed by atoms with Crippen molar-refractivity contribution in [3.05, 3.63) is 175 Å². The van der Waals surface area contributed by atoms with Gasteiger partial charge in [0.05, 0.1) is 22.1 Å². The molecule has 0 saturated carbocycles. The lowest BCUT2D eigenvalue weighted by atomic mass is 9.74. The average Bonchev–Trinajstić information content (AvgIpc) is 3.81. The molecule has 9 aromatic rings. The van der Waals surface area contributed by atoms with Crippen LogP contribution in [0, 0.1) is 5.92 Å². The normalized spacial score (nSPS) is 16.2. The second-order valence-electron chi connectivity index (χ2n) is 15.1. The van der Waals surface area contributed by atoms with Gasteiger partial charge < -0.3 is 9.13 Å². The van der Waals surface area contributed by atoms with Crippen molar-refractivity contribution in [1.29, 1.82) is 0 Å². The van der Waals surface area contributed by atoms with E-state index in [1.54, 1.807) is 0 Å². The number of pyridine rings is 2. The summed E-state index contributed by atoms with van der Waals surface area (Å²) < 4.78 is 4.85. The third-order valence-electron chi connectivity index (χ3n) is 12.0. The van der Waals surface area contributed by atoms with Gasteiger partial charge in [0, 0.05) is 57.7 Å². The zero-order valence-electron chi connectivity index (χ0n) is 29.7. The van der Waals surface area contributed by atoms with Crippen LogP contribution in [0.4, 0.5) is 0 Å². The molecule has 1 atom stereocenters. The SMILES string of the molecule is CC1(C)c2ccccc2C2=CC=C(n3c4ccncc4c4cc(-c5ccc6c(c5)c5cnccc5n6-c5cccc(-c6ccccc6)c5)ccc43)CC21. The van der Waals surface area contributed by atoms with Gasteiger partial charge in [-0.3, -0.25) is 9.97 Å². The molecule has 11 rings (SSSR count). The Morgan fingerprint density at radius 3 is 1.87 bits per heavy atom. The standard InChI is InChI=1S/C49H36N4/c1-49(2)43-14-7-6-13-37(43)38-18-17-36(28-44(38)49)53-46-20-16-34(27-40(46)42-30-51-24-22-48(42)53)33-15-19-45-39(26-33)41-29-50-23-21-47(41)52(45)35-12-8-11-32(25-35)31-9-4-3-5-10-31/h3-27,29-30,44H,28H2,1-2H3. The number of nitrogens with zero attached hydrogens (tertiary/aromatic N) is 4. The highest BCUT2D eigenvalue weighted by Gasteiger charge is 2.44. The van der Waals surface area contributed by atoms with E-state index in [0.717, 1.165) is 28.5 Å². The van der Waals surface area contributed by atoms with Crippen molar-refractivity contribution in [3.63, 3.8) is 0 Å². The Hall–Kier alpha value is -6.52. The molecule has 0 aliphatic heterocycles.